The molecule has 0 unspecified atom stereocenters. The summed E-state index contributed by atoms with van der Waals surface area (Å²) < 4.78 is 0. The van der Waals surface area contributed by atoms with Crippen LogP contribution in [0, 0.1) is 6.92 Å². The van der Waals surface area contributed by atoms with Crippen molar-refractivity contribution in [1.82, 2.24) is 10.2 Å². The molecule has 2 amide bonds. The maximum absolute atomic E-state index is 12.6. The minimum atomic E-state index is -0.687. The predicted molar refractivity (Wildman–Crippen MR) is 105 cm³/mol. The average Bonchev–Trinajstić information content (AvgIpc) is 2.63. The van der Waals surface area contributed by atoms with E-state index in [0.29, 0.717) is 13.1 Å². The summed E-state index contributed by atoms with van der Waals surface area (Å²) in [4.78, 5) is 27.0. The Morgan fingerprint density at radius 3 is 2.23 bits per heavy atom. The van der Waals surface area contributed by atoms with E-state index in [2.05, 4.69) is 5.32 Å². The number of aryl methyl sites for hydroxylation is 1. The molecule has 3 N–H and O–H groups in total. The van der Waals surface area contributed by atoms with Gasteiger partial charge in [0.1, 0.15) is 0 Å². The number of piperidine rings is 1. The van der Waals surface area contributed by atoms with Crippen molar-refractivity contribution in [3.05, 3.63) is 35.4 Å². The minimum Gasteiger partial charge on any atom is -0.352 e. The van der Waals surface area contributed by atoms with Crippen molar-refractivity contribution in [3.63, 3.8) is 0 Å². The van der Waals surface area contributed by atoms with E-state index >= 15 is 0 Å². The van der Waals surface area contributed by atoms with Gasteiger partial charge in [-0.15, -0.1) is 12.4 Å². The number of carbonyl (C=O) groups is 2. The molecule has 1 aromatic carbocycles. The van der Waals surface area contributed by atoms with Gasteiger partial charge >= 0.3 is 0 Å². The van der Waals surface area contributed by atoms with E-state index in [0.717, 1.165) is 49.7 Å². The van der Waals surface area contributed by atoms with Crippen LogP contribution >= 0.6 is 12.4 Å². The molecule has 1 saturated carbocycles. The minimum absolute atomic E-state index is 0. The molecule has 26 heavy (non-hydrogen) atoms. The second-order valence-corrected chi connectivity index (χ2v) is 7.62. The zero-order valence-corrected chi connectivity index (χ0v) is 16.3. The van der Waals surface area contributed by atoms with E-state index in [1.165, 1.54) is 6.42 Å². The molecular weight excluding hydrogens is 350 g/mol. The average molecular weight is 380 g/mol. The van der Waals surface area contributed by atoms with E-state index in [-0.39, 0.29) is 30.3 Å². The van der Waals surface area contributed by atoms with Crippen LogP contribution in [-0.4, -0.2) is 41.4 Å². The van der Waals surface area contributed by atoms with Gasteiger partial charge in [0.05, 0.1) is 5.54 Å². The normalized spacial score (nSPS) is 20.2. The van der Waals surface area contributed by atoms with Crippen LogP contribution < -0.4 is 11.1 Å². The van der Waals surface area contributed by atoms with Gasteiger partial charge in [-0.2, -0.15) is 0 Å². The summed E-state index contributed by atoms with van der Waals surface area (Å²) in [5.41, 5.74) is 7.50. The lowest BCUT2D eigenvalue weighted by molar-refractivity contribution is -0.128. The molecule has 3 rings (SSSR count). The van der Waals surface area contributed by atoms with Crippen LogP contribution in [0.3, 0.4) is 0 Å². The third kappa shape index (κ3) is 4.77. The first-order valence-corrected chi connectivity index (χ1v) is 9.44. The molecule has 1 aromatic rings. The Morgan fingerprint density at radius 2 is 1.65 bits per heavy atom. The van der Waals surface area contributed by atoms with Gasteiger partial charge in [0.25, 0.3) is 5.91 Å². The number of rotatable bonds is 3. The summed E-state index contributed by atoms with van der Waals surface area (Å²) in [6.07, 6.45) is 6.39. The Kier molecular flexibility index (Phi) is 7.07. The van der Waals surface area contributed by atoms with Crippen LogP contribution in [0.4, 0.5) is 0 Å². The highest BCUT2D eigenvalue weighted by atomic mass is 35.5. The molecule has 0 spiro atoms. The second kappa shape index (κ2) is 8.87. The van der Waals surface area contributed by atoms with E-state index in [4.69, 9.17) is 5.73 Å². The monoisotopic (exact) mass is 379 g/mol. The van der Waals surface area contributed by atoms with Crippen LogP contribution in [0.25, 0.3) is 0 Å². The van der Waals surface area contributed by atoms with E-state index in [9.17, 15) is 9.59 Å². The van der Waals surface area contributed by atoms with Gasteiger partial charge in [-0.1, -0.05) is 37.0 Å². The molecular formula is C20H30ClN3O2. The highest BCUT2D eigenvalue weighted by Gasteiger charge is 2.36. The maximum Gasteiger partial charge on any atom is 0.253 e. The second-order valence-electron chi connectivity index (χ2n) is 7.62. The molecule has 1 saturated heterocycles. The summed E-state index contributed by atoms with van der Waals surface area (Å²) in [6.45, 7) is 3.36. The number of hydrogen-bond acceptors (Lipinski definition) is 3. The number of amides is 2. The number of carbonyl (C=O) groups excluding carboxylic acids is 2. The molecule has 0 aromatic heterocycles. The Bertz CT molecular complexity index is 618. The predicted octanol–water partition coefficient (Wildman–Crippen LogP) is 2.80. The number of hydrogen-bond donors (Lipinski definition) is 2. The number of likely N-dealkylation sites (tertiary alicyclic amines) is 1. The fourth-order valence-corrected chi connectivity index (χ4v) is 3.84. The van der Waals surface area contributed by atoms with Crippen LogP contribution in [0.5, 0.6) is 0 Å². The smallest absolute Gasteiger partial charge is 0.253 e. The van der Waals surface area contributed by atoms with Crippen molar-refractivity contribution in [2.24, 2.45) is 5.73 Å². The first-order valence-electron chi connectivity index (χ1n) is 9.44. The number of nitrogens with two attached hydrogens (primary N) is 1. The van der Waals surface area contributed by atoms with E-state index < -0.39 is 5.54 Å². The fraction of sp³-hybridized carbons (Fsp3) is 0.600. The van der Waals surface area contributed by atoms with Crippen molar-refractivity contribution >= 4 is 24.2 Å². The highest BCUT2D eigenvalue weighted by molar-refractivity contribution is 5.94. The first-order chi connectivity index (χ1) is 12.0. The molecule has 1 heterocycles. The summed E-state index contributed by atoms with van der Waals surface area (Å²) in [7, 11) is 0. The van der Waals surface area contributed by atoms with Gasteiger partial charge < -0.3 is 16.0 Å². The lowest BCUT2D eigenvalue weighted by atomic mass is 9.81. The lowest BCUT2D eigenvalue weighted by Gasteiger charge is -2.36. The molecule has 2 aliphatic rings. The Morgan fingerprint density at radius 1 is 1.08 bits per heavy atom. The van der Waals surface area contributed by atoms with Crippen molar-refractivity contribution < 1.29 is 9.59 Å². The molecule has 0 bridgehead atoms. The Labute approximate surface area is 162 Å². The topological polar surface area (TPSA) is 75.4 Å². The van der Waals surface area contributed by atoms with Crippen LogP contribution in [0.2, 0.25) is 0 Å². The van der Waals surface area contributed by atoms with Crippen LogP contribution in [0.1, 0.15) is 60.9 Å². The fourth-order valence-electron chi connectivity index (χ4n) is 3.84. The Balaban J connectivity index is 0.00000243. The first kappa shape index (κ1) is 20.7. The van der Waals surface area contributed by atoms with Crippen LogP contribution in [-0.2, 0) is 4.79 Å². The van der Waals surface area contributed by atoms with Crippen molar-refractivity contribution in [3.8, 4) is 0 Å². The lowest BCUT2D eigenvalue weighted by Crippen LogP contribution is -2.58. The van der Waals surface area contributed by atoms with Gasteiger partial charge in [-0.3, -0.25) is 9.59 Å². The van der Waals surface area contributed by atoms with Gasteiger partial charge in [-0.25, -0.2) is 0 Å². The number of benzene rings is 1. The largest absolute Gasteiger partial charge is 0.352 e. The maximum atomic E-state index is 12.6. The zero-order chi connectivity index (χ0) is 17.9. The standard InChI is InChI=1S/C20H29N3O2.ClH/c1-15-5-7-16(8-6-15)18(24)23-13-9-17(10-14-23)22-19(25)20(21)11-3-2-4-12-20;/h5-8,17H,2-4,9-14,21H2,1H3,(H,22,25);1H. The SMILES string of the molecule is Cc1ccc(C(=O)N2CCC(NC(=O)C3(N)CCCCC3)CC2)cc1.Cl. The summed E-state index contributed by atoms with van der Waals surface area (Å²) in [5.74, 6) is 0.0721. The van der Waals surface area contributed by atoms with Crippen LogP contribution in [0.15, 0.2) is 24.3 Å². The van der Waals surface area contributed by atoms with E-state index in [1.807, 2.05) is 36.1 Å². The van der Waals surface area contributed by atoms with Crippen molar-refractivity contribution in [2.45, 2.75) is 63.5 Å². The van der Waals surface area contributed by atoms with Gasteiger partial charge in [-0.05, 0) is 44.7 Å². The third-order valence-electron chi connectivity index (χ3n) is 5.61. The summed E-state index contributed by atoms with van der Waals surface area (Å²) >= 11 is 0. The Hall–Kier alpha value is -1.59. The van der Waals surface area contributed by atoms with Gasteiger partial charge in [0.15, 0.2) is 0 Å². The molecule has 144 valence electrons. The van der Waals surface area contributed by atoms with E-state index in [1.54, 1.807) is 0 Å². The molecule has 1 aliphatic carbocycles. The number of halogens is 1. The number of nitrogens with one attached hydrogen (secondary N) is 1. The summed E-state index contributed by atoms with van der Waals surface area (Å²) in [5, 5.41) is 3.13. The van der Waals surface area contributed by atoms with Crippen molar-refractivity contribution in [2.75, 3.05) is 13.1 Å². The third-order valence-corrected chi connectivity index (χ3v) is 5.61. The van der Waals surface area contributed by atoms with Crippen molar-refractivity contribution in [1.29, 1.82) is 0 Å². The molecule has 0 atom stereocenters. The quantitative estimate of drug-likeness (QED) is 0.847. The van der Waals surface area contributed by atoms with Gasteiger partial charge in [0, 0.05) is 24.7 Å². The molecule has 0 radical (unpaired) electrons. The van der Waals surface area contributed by atoms with Gasteiger partial charge in [0.2, 0.25) is 5.91 Å². The zero-order valence-electron chi connectivity index (χ0n) is 15.5. The molecule has 2 fully saturated rings. The molecule has 5 nitrogen and oxygen atoms in total. The highest BCUT2D eigenvalue weighted by Crippen LogP contribution is 2.26. The molecule has 6 heteroatoms. The number of nitrogens with zero attached hydrogens (tertiary/aromatic N) is 1. The summed E-state index contributed by atoms with van der Waals surface area (Å²) in [6, 6.07) is 7.81. The molecule has 1 aliphatic heterocycles.